The van der Waals surface area contributed by atoms with Gasteiger partial charge in [-0.15, -0.1) is 0 Å². The van der Waals surface area contributed by atoms with E-state index >= 15 is 0 Å². The molecule has 1 aromatic rings. The summed E-state index contributed by atoms with van der Waals surface area (Å²) in [5, 5.41) is 5.35. The molecule has 0 aliphatic carbocycles. The van der Waals surface area contributed by atoms with Crippen LogP contribution in [0.1, 0.15) is 26.3 Å². The van der Waals surface area contributed by atoms with E-state index in [0.717, 1.165) is 5.56 Å². The highest BCUT2D eigenvalue weighted by Crippen LogP contribution is 2.01. The molecule has 4 heteroatoms. The zero-order valence-corrected chi connectivity index (χ0v) is 12.1. The van der Waals surface area contributed by atoms with Gasteiger partial charge in [-0.2, -0.15) is 0 Å². The number of amides is 2. The molecule has 0 aliphatic rings. The Morgan fingerprint density at radius 2 is 1.85 bits per heavy atom. The Morgan fingerprint density at radius 3 is 2.40 bits per heavy atom. The summed E-state index contributed by atoms with van der Waals surface area (Å²) in [6, 6.07) is 9.04. The molecule has 106 valence electrons. The molecule has 0 aromatic heterocycles. The van der Waals surface area contributed by atoms with Crippen LogP contribution in [0.5, 0.6) is 0 Å². The first kappa shape index (κ1) is 15.8. The third-order valence-corrected chi connectivity index (χ3v) is 2.67. The van der Waals surface area contributed by atoms with E-state index in [2.05, 4.69) is 22.5 Å². The van der Waals surface area contributed by atoms with Crippen LogP contribution < -0.4 is 10.6 Å². The van der Waals surface area contributed by atoms with E-state index in [-0.39, 0.29) is 24.3 Å². The van der Waals surface area contributed by atoms with Crippen LogP contribution in [0, 0.1) is 17.8 Å². The maximum absolute atomic E-state index is 11.9. The third kappa shape index (κ3) is 5.57. The topological polar surface area (TPSA) is 58.2 Å². The number of hydrogen-bond acceptors (Lipinski definition) is 2. The van der Waals surface area contributed by atoms with Crippen molar-refractivity contribution in [2.75, 3.05) is 6.54 Å². The van der Waals surface area contributed by atoms with Crippen molar-refractivity contribution in [2.24, 2.45) is 5.92 Å². The number of carbonyl (C=O) groups excluding carboxylic acids is 2. The Kier molecular flexibility index (Phi) is 6.31. The minimum atomic E-state index is -0.522. The summed E-state index contributed by atoms with van der Waals surface area (Å²) in [6.45, 7) is 5.43. The van der Waals surface area contributed by atoms with E-state index in [1.807, 2.05) is 44.2 Å². The first-order valence-electron chi connectivity index (χ1n) is 6.59. The Hall–Kier alpha value is -2.28. The fourth-order valence-electron chi connectivity index (χ4n) is 1.66. The van der Waals surface area contributed by atoms with Crippen LogP contribution in [0.4, 0.5) is 0 Å². The van der Waals surface area contributed by atoms with Crippen molar-refractivity contribution in [3.05, 3.63) is 35.9 Å². The standard InChI is InChI=1S/C16H20N2O2/c1-12(2)15(18-13(3)19)16(20)17-11-7-10-14-8-5-4-6-9-14/h4-6,8-9,12,15H,11H2,1-3H3,(H,17,20)(H,18,19). The number of nitrogens with one attached hydrogen (secondary N) is 2. The fourth-order valence-corrected chi connectivity index (χ4v) is 1.66. The molecule has 0 saturated heterocycles. The van der Waals surface area contributed by atoms with E-state index in [1.165, 1.54) is 6.92 Å². The van der Waals surface area contributed by atoms with Crippen LogP contribution >= 0.6 is 0 Å². The Balaban J connectivity index is 2.50. The van der Waals surface area contributed by atoms with Crippen LogP contribution in [0.25, 0.3) is 0 Å². The molecule has 20 heavy (non-hydrogen) atoms. The van der Waals surface area contributed by atoms with E-state index in [4.69, 9.17) is 0 Å². The quantitative estimate of drug-likeness (QED) is 0.812. The number of carbonyl (C=O) groups is 2. The summed E-state index contributed by atoms with van der Waals surface area (Å²) >= 11 is 0. The minimum absolute atomic E-state index is 0.0287. The van der Waals surface area contributed by atoms with Crippen molar-refractivity contribution in [1.29, 1.82) is 0 Å². The third-order valence-electron chi connectivity index (χ3n) is 2.67. The van der Waals surface area contributed by atoms with Gasteiger partial charge < -0.3 is 10.6 Å². The lowest BCUT2D eigenvalue weighted by Crippen LogP contribution is -2.49. The van der Waals surface area contributed by atoms with Crippen LogP contribution in [-0.4, -0.2) is 24.4 Å². The monoisotopic (exact) mass is 272 g/mol. The van der Waals surface area contributed by atoms with Crippen LogP contribution in [0.15, 0.2) is 30.3 Å². The normalized spacial score (nSPS) is 11.2. The molecule has 2 N–H and O–H groups in total. The second kappa shape index (κ2) is 8.00. The van der Waals surface area contributed by atoms with E-state index in [9.17, 15) is 9.59 Å². The van der Waals surface area contributed by atoms with Crippen molar-refractivity contribution >= 4 is 11.8 Å². The van der Waals surface area contributed by atoms with E-state index in [1.54, 1.807) is 0 Å². The minimum Gasteiger partial charge on any atom is -0.344 e. The van der Waals surface area contributed by atoms with Gasteiger partial charge in [0.2, 0.25) is 11.8 Å². The number of benzene rings is 1. The summed E-state index contributed by atoms with van der Waals surface area (Å²) in [4.78, 5) is 23.0. The highest BCUT2D eigenvalue weighted by Gasteiger charge is 2.22. The molecule has 1 unspecified atom stereocenters. The average Bonchev–Trinajstić information content (AvgIpc) is 2.41. The van der Waals surface area contributed by atoms with Gasteiger partial charge in [-0.05, 0) is 18.1 Å². The second-order valence-electron chi connectivity index (χ2n) is 4.81. The molecule has 1 atom stereocenters. The molecular formula is C16H20N2O2. The lowest BCUT2D eigenvalue weighted by atomic mass is 10.0. The Morgan fingerprint density at radius 1 is 1.20 bits per heavy atom. The van der Waals surface area contributed by atoms with Gasteiger partial charge in [-0.3, -0.25) is 9.59 Å². The molecule has 0 bridgehead atoms. The summed E-state index contributed by atoms with van der Waals surface area (Å²) < 4.78 is 0. The Bertz CT molecular complexity index is 512. The molecule has 1 rings (SSSR count). The highest BCUT2D eigenvalue weighted by atomic mass is 16.2. The van der Waals surface area contributed by atoms with E-state index < -0.39 is 6.04 Å². The fraction of sp³-hybridized carbons (Fsp3) is 0.375. The lowest BCUT2D eigenvalue weighted by Gasteiger charge is -2.20. The predicted octanol–water partition coefficient (Wildman–Crippen LogP) is 1.31. The second-order valence-corrected chi connectivity index (χ2v) is 4.81. The van der Waals surface area contributed by atoms with Crippen LogP contribution in [0.3, 0.4) is 0 Å². The first-order valence-corrected chi connectivity index (χ1v) is 6.59. The molecule has 0 radical (unpaired) electrons. The molecule has 0 aliphatic heterocycles. The largest absolute Gasteiger partial charge is 0.344 e. The zero-order chi connectivity index (χ0) is 15.0. The average molecular weight is 272 g/mol. The molecule has 0 spiro atoms. The van der Waals surface area contributed by atoms with Crippen LogP contribution in [-0.2, 0) is 9.59 Å². The zero-order valence-electron chi connectivity index (χ0n) is 12.1. The molecule has 2 amide bonds. The van der Waals surface area contributed by atoms with Crippen molar-refractivity contribution in [3.8, 4) is 11.8 Å². The molecule has 1 aromatic carbocycles. The SMILES string of the molecule is CC(=O)NC(C(=O)NCC#Cc1ccccc1)C(C)C. The predicted molar refractivity (Wildman–Crippen MR) is 78.8 cm³/mol. The summed E-state index contributed by atoms with van der Waals surface area (Å²) in [6.07, 6.45) is 0. The summed E-state index contributed by atoms with van der Waals surface area (Å²) in [7, 11) is 0. The maximum atomic E-state index is 11.9. The lowest BCUT2D eigenvalue weighted by molar-refractivity contribution is -0.129. The van der Waals surface area contributed by atoms with Gasteiger partial charge in [-0.1, -0.05) is 43.9 Å². The van der Waals surface area contributed by atoms with Crippen molar-refractivity contribution in [2.45, 2.75) is 26.8 Å². The van der Waals surface area contributed by atoms with Gasteiger partial charge >= 0.3 is 0 Å². The smallest absolute Gasteiger partial charge is 0.243 e. The number of hydrogen-bond donors (Lipinski definition) is 2. The highest BCUT2D eigenvalue weighted by molar-refractivity contribution is 5.87. The summed E-state index contributed by atoms with van der Waals surface area (Å²) in [5.41, 5.74) is 0.906. The van der Waals surface area contributed by atoms with Crippen LogP contribution in [0.2, 0.25) is 0 Å². The first-order chi connectivity index (χ1) is 9.50. The van der Waals surface area contributed by atoms with Gasteiger partial charge in [0.1, 0.15) is 6.04 Å². The molecule has 0 heterocycles. The molecular weight excluding hydrogens is 252 g/mol. The Labute approximate surface area is 120 Å². The number of rotatable bonds is 4. The van der Waals surface area contributed by atoms with Crippen molar-refractivity contribution < 1.29 is 9.59 Å². The van der Waals surface area contributed by atoms with Gasteiger partial charge in [0.25, 0.3) is 0 Å². The summed E-state index contributed by atoms with van der Waals surface area (Å²) in [5.74, 6) is 5.45. The maximum Gasteiger partial charge on any atom is 0.243 e. The van der Waals surface area contributed by atoms with Gasteiger partial charge in [0.05, 0.1) is 6.54 Å². The molecule has 0 fully saturated rings. The van der Waals surface area contributed by atoms with Gasteiger partial charge in [-0.25, -0.2) is 0 Å². The van der Waals surface area contributed by atoms with E-state index in [0.29, 0.717) is 0 Å². The van der Waals surface area contributed by atoms with Crippen molar-refractivity contribution in [3.63, 3.8) is 0 Å². The van der Waals surface area contributed by atoms with Crippen molar-refractivity contribution in [1.82, 2.24) is 10.6 Å². The molecule has 0 saturated carbocycles. The van der Waals surface area contributed by atoms with Gasteiger partial charge in [0, 0.05) is 12.5 Å². The van der Waals surface area contributed by atoms with Gasteiger partial charge in [0.15, 0.2) is 0 Å². The molecule has 4 nitrogen and oxygen atoms in total.